The third kappa shape index (κ3) is 1.38. The first-order chi connectivity index (χ1) is 6.63. The largest absolute Gasteiger partial charge is 0.231 e. The molecule has 0 spiro atoms. The molecule has 3 nitrogen and oxygen atoms in total. The Morgan fingerprint density at radius 2 is 2.14 bits per heavy atom. The lowest BCUT2D eigenvalue weighted by Gasteiger charge is -2.00. The summed E-state index contributed by atoms with van der Waals surface area (Å²) >= 11 is 7.54. The van der Waals surface area contributed by atoms with E-state index in [2.05, 4.69) is 10.1 Å². The van der Waals surface area contributed by atoms with Crippen LogP contribution < -0.4 is 0 Å². The van der Waals surface area contributed by atoms with Crippen LogP contribution in [-0.2, 0) is 0 Å². The quantitative estimate of drug-likeness (QED) is 0.702. The first-order valence-corrected chi connectivity index (χ1v) is 5.80. The van der Waals surface area contributed by atoms with Gasteiger partial charge in [0.1, 0.15) is 0 Å². The molecule has 0 aliphatic rings. The van der Waals surface area contributed by atoms with Gasteiger partial charge in [0.2, 0.25) is 0 Å². The van der Waals surface area contributed by atoms with Crippen molar-refractivity contribution >= 4 is 29.0 Å². The molecule has 0 fully saturated rings. The summed E-state index contributed by atoms with van der Waals surface area (Å²) in [5, 5.41) is 4.71. The summed E-state index contributed by atoms with van der Waals surface area (Å²) in [7, 11) is 0. The number of rotatable bonds is 1. The second-order valence-electron chi connectivity index (χ2n) is 3.05. The minimum Gasteiger partial charge on any atom is -0.231 e. The summed E-state index contributed by atoms with van der Waals surface area (Å²) in [6.07, 6.45) is 2.00. The lowest BCUT2D eigenvalue weighted by molar-refractivity contribution is 0.882. The van der Waals surface area contributed by atoms with Gasteiger partial charge in [-0.2, -0.15) is 5.10 Å². The molecule has 2 aromatic heterocycles. The summed E-state index contributed by atoms with van der Waals surface area (Å²) in [5.41, 5.74) is 2.92. The zero-order valence-electron chi connectivity index (χ0n) is 8.21. The zero-order chi connectivity index (χ0) is 10.3. The topological polar surface area (TPSA) is 30.2 Å². The van der Waals surface area contributed by atoms with Gasteiger partial charge in [0, 0.05) is 0 Å². The highest BCUT2D eigenvalue weighted by atomic mass is 35.5. The average Bonchev–Trinajstić information content (AvgIpc) is 2.43. The molecule has 0 atom stereocenters. The Morgan fingerprint density at radius 3 is 2.79 bits per heavy atom. The number of hydrogen-bond donors (Lipinski definition) is 0. The molecule has 0 aliphatic carbocycles. The first-order valence-electron chi connectivity index (χ1n) is 4.20. The van der Waals surface area contributed by atoms with E-state index >= 15 is 0 Å². The highest BCUT2D eigenvalue weighted by molar-refractivity contribution is 7.98. The number of halogens is 1. The van der Waals surface area contributed by atoms with E-state index in [9.17, 15) is 0 Å². The Kier molecular flexibility index (Phi) is 2.41. The van der Waals surface area contributed by atoms with Gasteiger partial charge in [0.15, 0.2) is 10.8 Å². The van der Waals surface area contributed by atoms with E-state index in [0.717, 1.165) is 21.9 Å². The predicted octanol–water partition coefficient (Wildman–Crippen LogP) is 2.72. The molecule has 0 radical (unpaired) electrons. The SMILES string of the molecule is CSc1cc(Cl)nn2c(C)c(C)nc12. The van der Waals surface area contributed by atoms with Gasteiger partial charge in [0.25, 0.3) is 0 Å². The Labute approximate surface area is 91.5 Å². The van der Waals surface area contributed by atoms with Crippen LogP contribution >= 0.6 is 23.4 Å². The van der Waals surface area contributed by atoms with E-state index in [4.69, 9.17) is 11.6 Å². The van der Waals surface area contributed by atoms with Gasteiger partial charge in [-0.3, -0.25) is 0 Å². The van der Waals surface area contributed by atoms with E-state index in [-0.39, 0.29) is 0 Å². The van der Waals surface area contributed by atoms with Crippen LogP contribution in [0.5, 0.6) is 0 Å². The van der Waals surface area contributed by atoms with Crippen molar-refractivity contribution in [1.82, 2.24) is 14.6 Å². The summed E-state index contributed by atoms with van der Waals surface area (Å²) in [6, 6.07) is 1.84. The summed E-state index contributed by atoms with van der Waals surface area (Å²) in [4.78, 5) is 5.50. The Bertz CT molecular complexity index is 492. The fourth-order valence-corrected chi connectivity index (χ4v) is 2.12. The maximum Gasteiger partial charge on any atom is 0.167 e. The second-order valence-corrected chi connectivity index (χ2v) is 4.29. The van der Waals surface area contributed by atoms with Crippen LogP contribution in [0.25, 0.3) is 5.65 Å². The van der Waals surface area contributed by atoms with Gasteiger partial charge in [-0.1, -0.05) is 11.6 Å². The van der Waals surface area contributed by atoms with Gasteiger partial charge >= 0.3 is 0 Å². The van der Waals surface area contributed by atoms with Crippen molar-refractivity contribution in [3.05, 3.63) is 22.6 Å². The number of hydrogen-bond acceptors (Lipinski definition) is 3. The molecule has 0 unspecified atom stereocenters. The normalized spacial score (nSPS) is 11.1. The predicted molar refractivity (Wildman–Crippen MR) is 59.3 cm³/mol. The molecule has 2 heterocycles. The van der Waals surface area contributed by atoms with Crippen LogP contribution in [-0.4, -0.2) is 20.9 Å². The Morgan fingerprint density at radius 1 is 1.43 bits per heavy atom. The summed E-state index contributed by atoms with van der Waals surface area (Å²) < 4.78 is 1.80. The molecule has 14 heavy (non-hydrogen) atoms. The molecule has 0 amide bonds. The summed E-state index contributed by atoms with van der Waals surface area (Å²) in [5.74, 6) is 0. The molecule has 0 N–H and O–H groups in total. The zero-order valence-corrected chi connectivity index (χ0v) is 9.78. The average molecular weight is 228 g/mol. The minimum atomic E-state index is 0.502. The number of thioether (sulfide) groups is 1. The Balaban J connectivity index is 2.87. The monoisotopic (exact) mass is 227 g/mol. The van der Waals surface area contributed by atoms with E-state index in [1.807, 2.05) is 26.2 Å². The van der Waals surface area contributed by atoms with E-state index in [1.165, 1.54) is 0 Å². The van der Waals surface area contributed by atoms with Crippen LogP contribution in [0.15, 0.2) is 11.0 Å². The van der Waals surface area contributed by atoms with Crippen molar-refractivity contribution in [2.75, 3.05) is 6.26 Å². The van der Waals surface area contributed by atoms with Crippen molar-refractivity contribution in [3.8, 4) is 0 Å². The van der Waals surface area contributed by atoms with Gasteiger partial charge in [-0.25, -0.2) is 9.50 Å². The molecule has 0 aromatic carbocycles. The number of nitrogens with zero attached hydrogens (tertiary/aromatic N) is 3. The smallest absolute Gasteiger partial charge is 0.167 e. The van der Waals surface area contributed by atoms with Crippen molar-refractivity contribution in [2.45, 2.75) is 18.7 Å². The van der Waals surface area contributed by atoms with Crippen molar-refractivity contribution in [1.29, 1.82) is 0 Å². The molecule has 74 valence electrons. The molecule has 2 rings (SSSR count). The third-order valence-corrected chi connectivity index (χ3v) is 3.13. The van der Waals surface area contributed by atoms with Crippen LogP contribution in [0.2, 0.25) is 5.15 Å². The van der Waals surface area contributed by atoms with Gasteiger partial charge in [0.05, 0.1) is 16.3 Å². The molecular formula is C9H10ClN3S. The lowest BCUT2D eigenvalue weighted by atomic mass is 10.4. The summed E-state index contributed by atoms with van der Waals surface area (Å²) in [6.45, 7) is 3.96. The van der Waals surface area contributed by atoms with Crippen LogP contribution in [0.4, 0.5) is 0 Å². The molecular weight excluding hydrogens is 218 g/mol. The second kappa shape index (κ2) is 3.44. The number of fused-ring (bicyclic) bond motifs is 1. The minimum absolute atomic E-state index is 0.502. The lowest BCUT2D eigenvalue weighted by Crippen LogP contribution is -1.95. The molecule has 0 saturated heterocycles. The maximum absolute atomic E-state index is 5.91. The van der Waals surface area contributed by atoms with Crippen LogP contribution in [0, 0.1) is 13.8 Å². The van der Waals surface area contributed by atoms with Gasteiger partial charge in [-0.05, 0) is 26.2 Å². The highest BCUT2D eigenvalue weighted by Gasteiger charge is 2.10. The van der Waals surface area contributed by atoms with Gasteiger partial charge < -0.3 is 0 Å². The van der Waals surface area contributed by atoms with Crippen molar-refractivity contribution in [2.24, 2.45) is 0 Å². The molecule has 2 aromatic rings. The molecule has 0 bridgehead atoms. The van der Waals surface area contributed by atoms with Crippen LogP contribution in [0.3, 0.4) is 0 Å². The van der Waals surface area contributed by atoms with Crippen molar-refractivity contribution < 1.29 is 0 Å². The van der Waals surface area contributed by atoms with E-state index < -0.39 is 0 Å². The van der Waals surface area contributed by atoms with Gasteiger partial charge in [-0.15, -0.1) is 11.8 Å². The number of aromatic nitrogens is 3. The first kappa shape index (κ1) is 9.80. The number of imidazole rings is 1. The number of aryl methyl sites for hydroxylation is 2. The molecule has 5 heteroatoms. The fraction of sp³-hybridized carbons (Fsp3) is 0.333. The standard InChI is InChI=1S/C9H10ClN3S/c1-5-6(2)13-9(11-5)7(14-3)4-8(10)12-13/h4H,1-3H3. The highest BCUT2D eigenvalue weighted by Crippen LogP contribution is 2.24. The van der Waals surface area contributed by atoms with Crippen molar-refractivity contribution in [3.63, 3.8) is 0 Å². The maximum atomic E-state index is 5.91. The fourth-order valence-electron chi connectivity index (χ4n) is 1.33. The van der Waals surface area contributed by atoms with E-state index in [0.29, 0.717) is 5.15 Å². The third-order valence-electron chi connectivity index (χ3n) is 2.20. The van der Waals surface area contributed by atoms with E-state index in [1.54, 1.807) is 16.3 Å². The van der Waals surface area contributed by atoms with Crippen LogP contribution in [0.1, 0.15) is 11.4 Å². The Hall–Kier alpha value is -0.740. The molecule has 0 saturated carbocycles. The molecule has 0 aliphatic heterocycles.